The summed E-state index contributed by atoms with van der Waals surface area (Å²) in [5, 5.41) is 0. The normalized spacial score (nSPS) is 12.4. The minimum absolute atomic E-state index is 1.00. The Morgan fingerprint density at radius 2 is 1.07 bits per heavy atom. The molecule has 0 saturated carbocycles. The van der Waals surface area contributed by atoms with Gasteiger partial charge in [0.25, 0.3) is 0 Å². The van der Waals surface area contributed by atoms with Gasteiger partial charge in [-0.3, -0.25) is 0 Å². The molecule has 4 aromatic rings. The van der Waals surface area contributed by atoms with Crippen molar-refractivity contribution in [2.75, 3.05) is 42.5 Å². The molecule has 0 fully saturated rings. The van der Waals surface area contributed by atoms with Crippen LogP contribution in [0.15, 0.2) is 103 Å². The van der Waals surface area contributed by atoms with Crippen molar-refractivity contribution < 1.29 is 4.58 Å². The molecule has 0 radical (unpaired) electrons. The van der Waals surface area contributed by atoms with Gasteiger partial charge < -0.3 is 9.80 Å². The Bertz CT molecular complexity index is 1500. The Kier molecular flexibility index (Phi) is 10.7. The van der Waals surface area contributed by atoms with Gasteiger partial charge in [-0.25, -0.2) is 0 Å². The quantitative estimate of drug-likeness (QED) is 0.108. The van der Waals surface area contributed by atoms with E-state index < -0.39 is 0 Å². The second kappa shape index (κ2) is 15.1. The van der Waals surface area contributed by atoms with E-state index in [2.05, 4.69) is 152 Å². The van der Waals surface area contributed by atoms with Crippen LogP contribution in [0.2, 0.25) is 0 Å². The van der Waals surface area contributed by atoms with Crippen molar-refractivity contribution in [1.29, 1.82) is 0 Å². The van der Waals surface area contributed by atoms with E-state index in [1.54, 1.807) is 0 Å². The van der Waals surface area contributed by atoms with E-state index in [4.69, 9.17) is 0 Å². The number of para-hydroxylation sites is 1. The maximum Gasteiger partial charge on any atom is 0.221 e. The van der Waals surface area contributed by atoms with Crippen molar-refractivity contribution in [2.45, 2.75) is 60.3 Å². The van der Waals surface area contributed by atoms with E-state index in [1.165, 1.54) is 81.9 Å². The van der Waals surface area contributed by atoms with Gasteiger partial charge in [-0.15, -0.1) is 0 Å². The number of anilines is 2. The molecule has 0 spiro atoms. The van der Waals surface area contributed by atoms with Crippen molar-refractivity contribution in [3.63, 3.8) is 0 Å². The largest absolute Gasteiger partial charge is 0.372 e. The average Bonchev–Trinajstić information content (AvgIpc) is 3.40. The molecule has 0 N–H and O–H groups in total. The molecule has 0 aliphatic carbocycles. The lowest BCUT2D eigenvalue weighted by Gasteiger charge is -2.23. The molecular formula is C41H50N3+. The van der Waals surface area contributed by atoms with Crippen LogP contribution in [0.3, 0.4) is 0 Å². The fourth-order valence-corrected chi connectivity index (χ4v) is 6.69. The zero-order chi connectivity index (χ0) is 30.9. The van der Waals surface area contributed by atoms with Crippen LogP contribution in [0.5, 0.6) is 0 Å². The summed E-state index contributed by atoms with van der Waals surface area (Å²) in [5.41, 5.74) is 12.9. The number of nitrogens with zero attached hydrogens (tertiary/aromatic N) is 3. The van der Waals surface area contributed by atoms with Crippen LogP contribution < -0.4 is 9.80 Å². The standard InChI is InChI=1S/C41H50N3/c1-6-11-12-18-31-44-38-22-17-16-21-37(38)40(41(44)34-19-14-13-15-20-34)39(32-23-27-35(28-24-32)42(7-2)8-3)33-25-29-36(30-26-33)43(9-4)10-5/h13-17,19-30H,6-12,18,31H2,1-5H3/q+1. The maximum absolute atomic E-state index is 2.60. The number of fused-ring (bicyclic) bond motifs is 1. The predicted molar refractivity (Wildman–Crippen MR) is 192 cm³/mol. The summed E-state index contributed by atoms with van der Waals surface area (Å²) in [6, 6.07) is 38.6. The maximum atomic E-state index is 2.60. The molecule has 0 aromatic heterocycles. The Morgan fingerprint density at radius 1 is 0.545 bits per heavy atom. The summed E-state index contributed by atoms with van der Waals surface area (Å²) in [7, 11) is 0. The molecule has 3 nitrogen and oxygen atoms in total. The molecule has 4 aromatic carbocycles. The number of allylic oxidation sites excluding steroid dienone is 1. The van der Waals surface area contributed by atoms with E-state index in [1.807, 2.05) is 0 Å². The highest BCUT2D eigenvalue weighted by molar-refractivity contribution is 6.38. The van der Waals surface area contributed by atoms with Crippen molar-refractivity contribution in [3.05, 3.63) is 125 Å². The van der Waals surface area contributed by atoms with Gasteiger partial charge in [0.2, 0.25) is 11.4 Å². The first kappa shape index (κ1) is 31.3. The lowest BCUT2D eigenvalue weighted by Crippen LogP contribution is -2.21. The van der Waals surface area contributed by atoms with Crippen LogP contribution in [0.1, 0.15) is 82.6 Å². The monoisotopic (exact) mass is 584 g/mol. The third-order valence-corrected chi connectivity index (χ3v) is 9.07. The number of benzene rings is 4. The number of unbranched alkanes of at least 4 members (excludes halogenated alkanes) is 3. The second-order valence-corrected chi connectivity index (χ2v) is 11.6. The molecule has 228 valence electrons. The van der Waals surface area contributed by atoms with Crippen LogP contribution >= 0.6 is 0 Å². The molecule has 3 heteroatoms. The number of hydrogen-bond donors (Lipinski definition) is 0. The molecule has 1 aliphatic heterocycles. The highest BCUT2D eigenvalue weighted by Crippen LogP contribution is 2.44. The molecular weight excluding hydrogens is 534 g/mol. The lowest BCUT2D eigenvalue weighted by molar-refractivity contribution is -0.437. The van der Waals surface area contributed by atoms with E-state index >= 15 is 0 Å². The summed E-state index contributed by atoms with van der Waals surface area (Å²) in [4.78, 5) is 4.83. The van der Waals surface area contributed by atoms with Gasteiger partial charge >= 0.3 is 0 Å². The fourth-order valence-electron chi connectivity index (χ4n) is 6.69. The lowest BCUT2D eigenvalue weighted by atomic mass is 9.86. The van der Waals surface area contributed by atoms with Crippen molar-refractivity contribution in [1.82, 2.24) is 0 Å². The van der Waals surface area contributed by atoms with Gasteiger partial charge in [0, 0.05) is 61.2 Å². The zero-order valence-electron chi connectivity index (χ0n) is 27.5. The molecule has 44 heavy (non-hydrogen) atoms. The summed E-state index contributed by atoms with van der Waals surface area (Å²) in [6.07, 6.45) is 4.96. The Labute approximate surface area is 266 Å². The highest BCUT2D eigenvalue weighted by atomic mass is 15.1. The van der Waals surface area contributed by atoms with Gasteiger partial charge in [0.15, 0.2) is 0 Å². The second-order valence-electron chi connectivity index (χ2n) is 11.6. The average molecular weight is 585 g/mol. The third-order valence-electron chi connectivity index (χ3n) is 9.07. The Hall–Kier alpha value is -4.11. The van der Waals surface area contributed by atoms with Crippen LogP contribution in [-0.4, -0.2) is 43.0 Å². The minimum atomic E-state index is 1.00. The topological polar surface area (TPSA) is 9.49 Å². The fraction of sp³-hybridized carbons (Fsp3) is 0.341. The van der Waals surface area contributed by atoms with Crippen LogP contribution in [-0.2, 0) is 0 Å². The molecule has 0 unspecified atom stereocenters. The zero-order valence-corrected chi connectivity index (χ0v) is 27.5. The van der Waals surface area contributed by atoms with Gasteiger partial charge in [-0.1, -0.05) is 74.4 Å². The SMILES string of the molecule is CCCCCC[N+]1=C(c2ccccc2)C(=C(c2ccc(N(CC)CC)cc2)c2ccc(N(CC)CC)cc2)c2ccccc21. The smallest absolute Gasteiger partial charge is 0.221 e. The molecule has 0 atom stereocenters. The third kappa shape index (κ3) is 6.53. The van der Waals surface area contributed by atoms with Crippen molar-refractivity contribution in [2.24, 2.45) is 0 Å². The van der Waals surface area contributed by atoms with Crippen LogP contribution in [0.25, 0.3) is 11.1 Å². The van der Waals surface area contributed by atoms with E-state index in [0.717, 1.165) is 32.7 Å². The summed E-state index contributed by atoms with van der Waals surface area (Å²) in [6.45, 7) is 16.2. The molecule has 0 bridgehead atoms. The summed E-state index contributed by atoms with van der Waals surface area (Å²) in [5.74, 6) is 0. The first-order valence-electron chi connectivity index (χ1n) is 16.9. The van der Waals surface area contributed by atoms with Crippen molar-refractivity contribution in [3.8, 4) is 0 Å². The summed E-state index contributed by atoms with van der Waals surface area (Å²) >= 11 is 0. The number of hydrogen-bond acceptors (Lipinski definition) is 2. The van der Waals surface area contributed by atoms with E-state index in [0.29, 0.717) is 0 Å². The number of rotatable bonds is 14. The molecule has 5 rings (SSSR count). The summed E-state index contributed by atoms with van der Waals surface area (Å²) < 4.78 is 2.60. The van der Waals surface area contributed by atoms with E-state index in [9.17, 15) is 0 Å². The molecule has 1 heterocycles. The van der Waals surface area contributed by atoms with Crippen molar-refractivity contribution >= 4 is 33.9 Å². The molecule has 0 amide bonds. The minimum Gasteiger partial charge on any atom is -0.372 e. The van der Waals surface area contributed by atoms with Gasteiger partial charge in [-0.05, 0) is 87.7 Å². The Balaban J connectivity index is 1.78. The van der Waals surface area contributed by atoms with Crippen LogP contribution in [0.4, 0.5) is 17.1 Å². The van der Waals surface area contributed by atoms with Crippen LogP contribution in [0, 0.1) is 0 Å². The van der Waals surface area contributed by atoms with Gasteiger partial charge in [0.05, 0.1) is 11.1 Å². The Morgan fingerprint density at radius 3 is 1.59 bits per heavy atom. The first-order chi connectivity index (χ1) is 21.6. The molecule has 0 saturated heterocycles. The van der Waals surface area contributed by atoms with Gasteiger partial charge in [-0.2, -0.15) is 4.58 Å². The first-order valence-corrected chi connectivity index (χ1v) is 16.9. The van der Waals surface area contributed by atoms with E-state index in [-0.39, 0.29) is 0 Å². The highest BCUT2D eigenvalue weighted by Gasteiger charge is 2.38. The van der Waals surface area contributed by atoms with Gasteiger partial charge in [0.1, 0.15) is 6.54 Å². The molecule has 1 aliphatic rings. The predicted octanol–water partition coefficient (Wildman–Crippen LogP) is 10.1.